The number of carbonyl (C=O) groups is 1. The van der Waals surface area contributed by atoms with E-state index in [-0.39, 0.29) is 11.5 Å². The number of thioether (sulfide) groups is 1. The molecule has 116 valence electrons. The molecule has 0 saturated carbocycles. The Kier molecular flexibility index (Phi) is 4.84. The van der Waals surface area contributed by atoms with Crippen LogP contribution in [-0.2, 0) is 4.79 Å². The van der Waals surface area contributed by atoms with E-state index < -0.39 is 5.25 Å². The summed E-state index contributed by atoms with van der Waals surface area (Å²) >= 11 is 2.53. The second-order valence-corrected chi connectivity index (χ2v) is 6.46. The molecule has 0 aliphatic rings. The highest BCUT2D eigenvalue weighted by molar-refractivity contribution is 8.00. The van der Waals surface area contributed by atoms with E-state index in [2.05, 4.69) is 20.3 Å². The van der Waals surface area contributed by atoms with Gasteiger partial charge in [-0.1, -0.05) is 42.1 Å². The molecule has 0 aliphatic heterocycles. The zero-order valence-electron chi connectivity index (χ0n) is 11.8. The molecular weight excluding hydrogens is 332 g/mol. The number of hydrogen-bond acceptors (Lipinski definition) is 6. The van der Waals surface area contributed by atoms with Gasteiger partial charge in [0, 0.05) is 23.8 Å². The SMILES string of the molecule is O=C(Nc1nccs1)[C@H](Sc1nccc(=O)[nH]1)c1ccccc1. The second-order valence-electron chi connectivity index (χ2n) is 4.47. The van der Waals surface area contributed by atoms with E-state index in [0.29, 0.717) is 10.3 Å². The lowest BCUT2D eigenvalue weighted by Crippen LogP contribution is -2.19. The summed E-state index contributed by atoms with van der Waals surface area (Å²) in [5.74, 6) is -0.220. The van der Waals surface area contributed by atoms with Crippen molar-refractivity contribution < 1.29 is 4.79 Å². The molecule has 0 radical (unpaired) electrons. The first kappa shape index (κ1) is 15.4. The number of benzene rings is 1. The van der Waals surface area contributed by atoms with E-state index in [1.165, 1.54) is 35.4 Å². The highest BCUT2D eigenvalue weighted by Gasteiger charge is 2.23. The highest BCUT2D eigenvalue weighted by Crippen LogP contribution is 2.34. The molecule has 8 heteroatoms. The average molecular weight is 344 g/mol. The topological polar surface area (TPSA) is 87.7 Å². The summed E-state index contributed by atoms with van der Waals surface area (Å²) in [5.41, 5.74) is 0.563. The van der Waals surface area contributed by atoms with Gasteiger partial charge in [-0.05, 0) is 5.56 Å². The third-order valence-corrected chi connectivity index (χ3v) is 4.72. The number of H-pyrrole nitrogens is 1. The van der Waals surface area contributed by atoms with E-state index >= 15 is 0 Å². The van der Waals surface area contributed by atoms with Gasteiger partial charge >= 0.3 is 0 Å². The summed E-state index contributed by atoms with van der Waals surface area (Å²) in [4.78, 5) is 34.8. The van der Waals surface area contributed by atoms with Gasteiger partial charge in [0.15, 0.2) is 10.3 Å². The number of aromatic amines is 1. The Morgan fingerprint density at radius 2 is 2.00 bits per heavy atom. The van der Waals surface area contributed by atoms with Crippen LogP contribution in [0, 0.1) is 0 Å². The van der Waals surface area contributed by atoms with Crippen molar-refractivity contribution in [2.75, 3.05) is 5.32 Å². The molecule has 2 N–H and O–H groups in total. The average Bonchev–Trinajstić information content (AvgIpc) is 3.06. The molecule has 0 bridgehead atoms. The van der Waals surface area contributed by atoms with Gasteiger partial charge in [-0.2, -0.15) is 0 Å². The van der Waals surface area contributed by atoms with Crippen molar-refractivity contribution in [2.24, 2.45) is 0 Å². The maximum atomic E-state index is 12.6. The number of amides is 1. The van der Waals surface area contributed by atoms with Crippen LogP contribution >= 0.6 is 23.1 Å². The van der Waals surface area contributed by atoms with Crippen LogP contribution < -0.4 is 10.9 Å². The molecule has 1 atom stereocenters. The zero-order chi connectivity index (χ0) is 16.1. The van der Waals surface area contributed by atoms with E-state index in [9.17, 15) is 9.59 Å². The van der Waals surface area contributed by atoms with Crippen LogP contribution in [0.15, 0.2) is 64.1 Å². The highest BCUT2D eigenvalue weighted by atomic mass is 32.2. The predicted octanol–water partition coefficient (Wildman–Crippen LogP) is 2.70. The van der Waals surface area contributed by atoms with Gasteiger partial charge in [-0.25, -0.2) is 9.97 Å². The second kappa shape index (κ2) is 7.21. The first-order chi connectivity index (χ1) is 11.2. The molecule has 0 unspecified atom stereocenters. The van der Waals surface area contributed by atoms with E-state index in [4.69, 9.17) is 0 Å². The Labute approximate surface area is 140 Å². The summed E-state index contributed by atoms with van der Waals surface area (Å²) in [5, 5.41) is 4.94. The predicted molar refractivity (Wildman–Crippen MR) is 90.6 cm³/mol. The standard InChI is InChI=1S/C15H12N4O2S2/c20-11-6-7-16-15(18-11)23-12(10-4-2-1-3-5-10)13(21)19-14-17-8-9-22-14/h1-9,12H,(H,16,18,20)(H,17,19,21)/t12-/m1/s1. The van der Waals surface area contributed by atoms with Crippen LogP contribution in [0.3, 0.4) is 0 Å². The largest absolute Gasteiger partial charge is 0.301 e. The summed E-state index contributed by atoms with van der Waals surface area (Å²) in [6.45, 7) is 0. The molecule has 1 amide bonds. The quantitative estimate of drug-likeness (QED) is 0.549. The molecule has 0 fully saturated rings. The van der Waals surface area contributed by atoms with Crippen LogP contribution in [0.1, 0.15) is 10.8 Å². The molecule has 0 spiro atoms. The Hall–Kier alpha value is -2.45. The van der Waals surface area contributed by atoms with Crippen LogP contribution in [0.5, 0.6) is 0 Å². The minimum absolute atomic E-state index is 0.220. The molecular formula is C15H12N4O2S2. The van der Waals surface area contributed by atoms with Crippen molar-refractivity contribution in [1.29, 1.82) is 0 Å². The summed E-state index contributed by atoms with van der Waals surface area (Å²) < 4.78 is 0. The third-order valence-electron chi connectivity index (χ3n) is 2.88. The van der Waals surface area contributed by atoms with Crippen LogP contribution in [0.4, 0.5) is 5.13 Å². The minimum atomic E-state index is -0.550. The van der Waals surface area contributed by atoms with Gasteiger partial charge in [0.2, 0.25) is 5.91 Å². The molecule has 2 heterocycles. The Morgan fingerprint density at radius 3 is 2.70 bits per heavy atom. The van der Waals surface area contributed by atoms with E-state index in [1.807, 2.05) is 30.3 Å². The maximum Gasteiger partial charge on any atom is 0.251 e. The van der Waals surface area contributed by atoms with Crippen molar-refractivity contribution in [2.45, 2.75) is 10.4 Å². The van der Waals surface area contributed by atoms with Crippen LogP contribution in [0.25, 0.3) is 0 Å². The third kappa shape index (κ3) is 4.05. The summed E-state index contributed by atoms with van der Waals surface area (Å²) in [7, 11) is 0. The molecule has 2 aromatic heterocycles. The number of nitrogens with zero attached hydrogens (tertiary/aromatic N) is 2. The fourth-order valence-electron chi connectivity index (χ4n) is 1.88. The lowest BCUT2D eigenvalue weighted by molar-refractivity contribution is -0.115. The summed E-state index contributed by atoms with van der Waals surface area (Å²) in [6.07, 6.45) is 3.04. The number of carbonyl (C=O) groups excluding carboxylic acids is 1. The molecule has 0 aliphatic carbocycles. The maximum absolute atomic E-state index is 12.6. The lowest BCUT2D eigenvalue weighted by Gasteiger charge is -2.15. The van der Waals surface area contributed by atoms with Gasteiger partial charge in [-0.15, -0.1) is 11.3 Å². The molecule has 1 aromatic carbocycles. The fraction of sp³-hybridized carbons (Fsp3) is 0.0667. The van der Waals surface area contributed by atoms with Gasteiger partial charge in [0.25, 0.3) is 5.56 Å². The van der Waals surface area contributed by atoms with Crippen molar-refractivity contribution in [3.05, 3.63) is 70.1 Å². The molecule has 6 nitrogen and oxygen atoms in total. The first-order valence-electron chi connectivity index (χ1n) is 6.69. The monoisotopic (exact) mass is 344 g/mol. The van der Waals surface area contributed by atoms with E-state index in [1.54, 1.807) is 11.6 Å². The smallest absolute Gasteiger partial charge is 0.251 e. The molecule has 3 aromatic rings. The lowest BCUT2D eigenvalue weighted by atomic mass is 10.1. The van der Waals surface area contributed by atoms with E-state index in [0.717, 1.165) is 5.56 Å². The van der Waals surface area contributed by atoms with Gasteiger partial charge < -0.3 is 10.3 Å². The zero-order valence-corrected chi connectivity index (χ0v) is 13.4. The van der Waals surface area contributed by atoms with Crippen LogP contribution in [0.2, 0.25) is 0 Å². The van der Waals surface area contributed by atoms with Crippen molar-refractivity contribution >= 4 is 34.1 Å². The number of hydrogen-bond donors (Lipinski definition) is 2. The number of aromatic nitrogens is 3. The summed E-state index contributed by atoms with van der Waals surface area (Å²) in [6, 6.07) is 10.7. The molecule has 3 rings (SSSR count). The molecule has 23 heavy (non-hydrogen) atoms. The number of nitrogens with one attached hydrogen (secondary N) is 2. The fourth-order valence-corrected chi connectivity index (χ4v) is 3.38. The minimum Gasteiger partial charge on any atom is -0.301 e. The van der Waals surface area contributed by atoms with Gasteiger partial charge in [-0.3, -0.25) is 9.59 Å². The van der Waals surface area contributed by atoms with Gasteiger partial charge in [0.1, 0.15) is 5.25 Å². The number of thiazole rings is 1. The Morgan fingerprint density at radius 1 is 1.17 bits per heavy atom. The number of anilines is 1. The van der Waals surface area contributed by atoms with Gasteiger partial charge in [0.05, 0.1) is 0 Å². The van der Waals surface area contributed by atoms with Crippen molar-refractivity contribution in [3.63, 3.8) is 0 Å². The number of rotatable bonds is 5. The van der Waals surface area contributed by atoms with Crippen LogP contribution in [-0.4, -0.2) is 20.9 Å². The Balaban J connectivity index is 1.87. The van der Waals surface area contributed by atoms with Crippen molar-refractivity contribution in [1.82, 2.24) is 15.0 Å². The first-order valence-corrected chi connectivity index (χ1v) is 8.45. The van der Waals surface area contributed by atoms with Crippen molar-refractivity contribution in [3.8, 4) is 0 Å². The normalized spacial score (nSPS) is 11.8. The molecule has 0 saturated heterocycles. The Bertz CT molecular complexity index is 834.